The van der Waals surface area contributed by atoms with Crippen LogP contribution in [0.2, 0.25) is 0 Å². The van der Waals surface area contributed by atoms with Crippen LogP contribution in [0.1, 0.15) is 6.92 Å². The summed E-state index contributed by atoms with van der Waals surface area (Å²) < 4.78 is 4.45. The lowest BCUT2D eigenvalue weighted by Crippen LogP contribution is -2.23. The van der Waals surface area contributed by atoms with Gasteiger partial charge in [0.05, 0.1) is 6.61 Å². The molecule has 0 aliphatic heterocycles. The lowest BCUT2D eigenvalue weighted by Gasteiger charge is -2.07. The lowest BCUT2D eigenvalue weighted by atomic mass is 10.3. The highest BCUT2D eigenvalue weighted by Crippen LogP contribution is 1.95. The molecule has 0 fully saturated rings. The molecule has 0 aliphatic carbocycles. The van der Waals surface area contributed by atoms with Crippen molar-refractivity contribution >= 4 is 12.3 Å². The van der Waals surface area contributed by atoms with Crippen LogP contribution >= 0.6 is 0 Å². The maximum atomic E-state index is 10.7. The Kier molecular flexibility index (Phi) is 4.14. The Balaban J connectivity index is 3.91. The first kappa shape index (κ1) is 9.84. The van der Waals surface area contributed by atoms with Crippen LogP contribution < -0.4 is 0 Å². The number of ether oxygens (including phenoxy) is 1. The highest BCUT2D eigenvalue weighted by molar-refractivity contribution is 5.88. The third kappa shape index (κ3) is 3.52. The van der Waals surface area contributed by atoms with Crippen LogP contribution in [-0.2, 0) is 14.3 Å². The van der Waals surface area contributed by atoms with E-state index in [1.165, 1.54) is 6.92 Å². The van der Waals surface area contributed by atoms with Gasteiger partial charge in [0, 0.05) is 5.57 Å². The quantitative estimate of drug-likeness (QED) is 0.345. The molecule has 0 saturated heterocycles. The number of carbonyl (C=O) groups is 2. The van der Waals surface area contributed by atoms with Gasteiger partial charge in [0.2, 0.25) is 0 Å². The molecule has 0 rings (SSSR count). The van der Waals surface area contributed by atoms with Crippen LogP contribution in [0.25, 0.3) is 0 Å². The first-order valence-electron chi connectivity index (χ1n) is 3.04. The van der Waals surface area contributed by atoms with Crippen molar-refractivity contribution in [2.75, 3.05) is 6.61 Å². The highest BCUT2D eigenvalue weighted by Gasteiger charge is 2.11. The summed E-state index contributed by atoms with van der Waals surface area (Å²) in [5.41, 5.74) is 0.199. The Bertz CT molecular complexity index is 173. The molecule has 0 heterocycles. The molecule has 0 radical (unpaired) electrons. The second-order valence-corrected chi connectivity index (χ2v) is 2.04. The Labute approximate surface area is 64.5 Å². The van der Waals surface area contributed by atoms with Crippen molar-refractivity contribution in [1.29, 1.82) is 0 Å². The topological polar surface area (TPSA) is 63.6 Å². The molecule has 0 amide bonds. The van der Waals surface area contributed by atoms with Gasteiger partial charge in [-0.05, 0) is 6.92 Å². The van der Waals surface area contributed by atoms with E-state index in [-0.39, 0.29) is 5.57 Å². The van der Waals surface area contributed by atoms with Crippen LogP contribution in [0.15, 0.2) is 12.2 Å². The average Bonchev–Trinajstić information content (AvgIpc) is 1.99. The molecule has 62 valence electrons. The normalized spacial score (nSPS) is 11.8. The molecular weight excluding hydrogens is 148 g/mol. The molecule has 0 aliphatic rings. The zero-order valence-corrected chi connectivity index (χ0v) is 6.24. The zero-order valence-electron chi connectivity index (χ0n) is 6.24. The number of esters is 1. The van der Waals surface area contributed by atoms with E-state index >= 15 is 0 Å². The Hall–Kier alpha value is -1.16. The molecule has 1 atom stereocenters. The number of carbonyl (C=O) groups excluding carboxylic acids is 2. The summed E-state index contributed by atoms with van der Waals surface area (Å²) in [4.78, 5) is 20.7. The molecule has 0 aromatic carbocycles. The number of aliphatic hydroxyl groups is 1. The monoisotopic (exact) mass is 158 g/mol. The summed E-state index contributed by atoms with van der Waals surface area (Å²) >= 11 is 0. The van der Waals surface area contributed by atoms with Crippen molar-refractivity contribution in [3.63, 3.8) is 0 Å². The molecule has 1 unspecified atom stereocenters. The number of rotatable bonds is 4. The van der Waals surface area contributed by atoms with Crippen molar-refractivity contribution in [1.82, 2.24) is 0 Å². The van der Waals surface area contributed by atoms with Gasteiger partial charge in [-0.2, -0.15) is 0 Å². The van der Waals surface area contributed by atoms with Gasteiger partial charge < -0.3 is 9.84 Å². The summed E-state index contributed by atoms with van der Waals surface area (Å²) in [5, 5.41) is 8.42. The second kappa shape index (κ2) is 4.62. The van der Waals surface area contributed by atoms with E-state index in [1.807, 2.05) is 0 Å². The molecular formula is C7H10O4. The van der Waals surface area contributed by atoms with E-state index in [0.29, 0.717) is 6.29 Å². The fraction of sp³-hybridized carbons (Fsp3) is 0.429. The van der Waals surface area contributed by atoms with E-state index in [4.69, 9.17) is 5.11 Å². The van der Waals surface area contributed by atoms with Crippen LogP contribution in [0.5, 0.6) is 0 Å². The van der Waals surface area contributed by atoms with Gasteiger partial charge in [0.25, 0.3) is 0 Å². The maximum Gasteiger partial charge on any atom is 0.333 e. The van der Waals surface area contributed by atoms with Crippen LogP contribution in [0.3, 0.4) is 0 Å². The smallest absolute Gasteiger partial charge is 0.333 e. The Morgan fingerprint density at radius 2 is 2.36 bits per heavy atom. The molecule has 4 nitrogen and oxygen atoms in total. The van der Waals surface area contributed by atoms with Gasteiger partial charge in [0.15, 0.2) is 12.4 Å². The summed E-state index contributed by atoms with van der Waals surface area (Å²) in [5.74, 6) is -0.670. The van der Waals surface area contributed by atoms with Crippen LogP contribution in [0, 0.1) is 0 Å². The van der Waals surface area contributed by atoms with Crippen LogP contribution in [-0.4, -0.2) is 30.1 Å². The van der Waals surface area contributed by atoms with E-state index in [2.05, 4.69) is 11.3 Å². The fourth-order valence-electron chi connectivity index (χ4n) is 0.346. The van der Waals surface area contributed by atoms with Crippen molar-refractivity contribution in [3.8, 4) is 0 Å². The average molecular weight is 158 g/mol. The van der Waals surface area contributed by atoms with Crippen molar-refractivity contribution in [2.24, 2.45) is 0 Å². The van der Waals surface area contributed by atoms with E-state index < -0.39 is 18.7 Å². The van der Waals surface area contributed by atoms with Gasteiger partial charge in [-0.1, -0.05) is 6.58 Å². The number of hydrogen-bond acceptors (Lipinski definition) is 4. The number of aldehydes is 1. The van der Waals surface area contributed by atoms with Gasteiger partial charge in [-0.3, -0.25) is 4.79 Å². The van der Waals surface area contributed by atoms with Gasteiger partial charge in [-0.25, -0.2) is 4.79 Å². The predicted octanol–water partition coefficient (Wildman–Crippen LogP) is -0.334. The zero-order chi connectivity index (χ0) is 8.85. The number of hydrogen-bond donors (Lipinski definition) is 1. The third-order valence-corrected chi connectivity index (χ3v) is 0.939. The molecule has 1 N–H and O–H groups in total. The highest BCUT2D eigenvalue weighted by atomic mass is 16.6. The SMILES string of the molecule is C=C(C)C(=O)OC(C=O)CO. The molecule has 0 saturated carbocycles. The minimum atomic E-state index is -1.07. The van der Waals surface area contributed by atoms with Gasteiger partial charge in [0.1, 0.15) is 0 Å². The predicted molar refractivity (Wildman–Crippen MR) is 37.8 cm³/mol. The Morgan fingerprint density at radius 3 is 2.64 bits per heavy atom. The largest absolute Gasteiger partial charge is 0.449 e. The minimum absolute atomic E-state index is 0.199. The Morgan fingerprint density at radius 1 is 1.82 bits per heavy atom. The van der Waals surface area contributed by atoms with Gasteiger partial charge >= 0.3 is 5.97 Å². The lowest BCUT2D eigenvalue weighted by molar-refractivity contribution is -0.149. The number of aliphatic hydroxyl groups excluding tert-OH is 1. The van der Waals surface area contributed by atoms with E-state index in [9.17, 15) is 9.59 Å². The maximum absolute atomic E-state index is 10.7. The van der Waals surface area contributed by atoms with E-state index in [0.717, 1.165) is 0 Å². The van der Waals surface area contributed by atoms with Crippen LogP contribution in [0.4, 0.5) is 0 Å². The summed E-state index contributed by atoms with van der Waals surface area (Å²) in [7, 11) is 0. The summed E-state index contributed by atoms with van der Waals surface area (Å²) in [6, 6.07) is 0. The summed E-state index contributed by atoms with van der Waals surface area (Å²) in [6.45, 7) is 4.27. The molecule has 0 spiro atoms. The minimum Gasteiger partial charge on any atom is -0.449 e. The van der Waals surface area contributed by atoms with Gasteiger partial charge in [-0.15, -0.1) is 0 Å². The van der Waals surface area contributed by atoms with Crippen molar-refractivity contribution in [3.05, 3.63) is 12.2 Å². The first-order chi connectivity index (χ1) is 5.11. The summed E-state index contributed by atoms with van der Waals surface area (Å²) in [6.07, 6.45) is -0.708. The molecule has 11 heavy (non-hydrogen) atoms. The van der Waals surface area contributed by atoms with E-state index in [1.54, 1.807) is 0 Å². The molecule has 4 heteroatoms. The third-order valence-electron chi connectivity index (χ3n) is 0.939. The standard InChI is InChI=1S/C7H10O4/c1-5(2)7(10)11-6(3-8)4-9/h3,6,9H,1,4H2,2H3. The molecule has 0 bridgehead atoms. The second-order valence-electron chi connectivity index (χ2n) is 2.04. The van der Waals surface area contributed by atoms with Crippen molar-refractivity contribution < 1.29 is 19.4 Å². The fourth-order valence-corrected chi connectivity index (χ4v) is 0.346. The molecule has 0 aromatic heterocycles. The van der Waals surface area contributed by atoms with Crippen molar-refractivity contribution in [2.45, 2.75) is 13.0 Å². The molecule has 0 aromatic rings. The first-order valence-corrected chi connectivity index (χ1v) is 3.04.